The lowest BCUT2D eigenvalue weighted by molar-refractivity contribution is -0.145. The van der Waals surface area contributed by atoms with Gasteiger partial charge in [0.05, 0.1) is 50.1 Å². The lowest BCUT2D eigenvalue weighted by Crippen LogP contribution is -2.52. The number of amides is 3. The third kappa shape index (κ3) is 17.6. The molecule has 4 N–H and O–H groups in total. The van der Waals surface area contributed by atoms with Crippen LogP contribution in [0.15, 0.2) is 41.3 Å². The second-order valence-corrected chi connectivity index (χ2v) is 25.4. The van der Waals surface area contributed by atoms with Crippen LogP contribution in [-0.2, 0) is 43.5 Å². The number of halogens is 18. The molecule has 502 valence electrons. The molecule has 3 aromatic carbocycles. The summed E-state index contributed by atoms with van der Waals surface area (Å²) in [6.07, 6.45) is -11.3. The third-order valence-electron chi connectivity index (χ3n) is 18.4. The number of carbonyl (C=O) groups is 3. The summed E-state index contributed by atoms with van der Waals surface area (Å²) < 4.78 is 241. The summed E-state index contributed by atoms with van der Waals surface area (Å²) >= 11 is 0.693. The van der Waals surface area contributed by atoms with Crippen LogP contribution >= 0.6 is 11.8 Å². The van der Waals surface area contributed by atoms with E-state index in [1.807, 2.05) is 0 Å². The molecule has 7 fully saturated rings. The van der Waals surface area contributed by atoms with Crippen molar-refractivity contribution in [2.75, 3.05) is 32.4 Å². The minimum Gasteiger partial charge on any atom is -0.348 e. The van der Waals surface area contributed by atoms with Gasteiger partial charge in [-0.3, -0.25) is 24.2 Å². The molecule has 0 bridgehead atoms. The molecule has 2 heterocycles. The molecule has 9 nitrogen and oxygen atoms in total. The van der Waals surface area contributed by atoms with Gasteiger partial charge in [-0.05, 0) is 195 Å². The fourth-order valence-corrected chi connectivity index (χ4v) is 14.6. The number of thioether (sulfide) groups is 1. The Kier molecular flexibility index (Phi) is 22.6. The topological polar surface area (TPSA) is 106 Å². The van der Waals surface area contributed by atoms with E-state index in [9.17, 15) is 93.4 Å². The predicted molar refractivity (Wildman–Crippen MR) is 301 cm³/mol. The first-order chi connectivity index (χ1) is 42.1. The zero-order valence-corrected chi connectivity index (χ0v) is 50.4. The van der Waals surface area contributed by atoms with Crippen molar-refractivity contribution in [1.29, 1.82) is 0 Å². The van der Waals surface area contributed by atoms with Crippen LogP contribution in [0.4, 0.5) is 79.0 Å². The molecule has 6 atom stereocenters. The summed E-state index contributed by atoms with van der Waals surface area (Å²) in [7, 11) is 0. The van der Waals surface area contributed by atoms with Crippen molar-refractivity contribution >= 4 is 29.5 Å². The highest BCUT2D eigenvalue weighted by Gasteiger charge is 2.47. The molecule has 3 amide bonds. The molecule has 3 aromatic rings. The van der Waals surface area contributed by atoms with Crippen molar-refractivity contribution in [3.63, 3.8) is 0 Å². The number of nitrogens with zero attached hydrogens (tertiary/aromatic N) is 2. The van der Waals surface area contributed by atoms with Crippen LogP contribution in [-0.4, -0.2) is 102 Å². The van der Waals surface area contributed by atoms with Gasteiger partial charge in [0.25, 0.3) is 17.7 Å². The molecule has 28 heteroatoms. The average molecular weight is 1330 g/mol. The highest BCUT2D eigenvalue weighted by atomic mass is 32.2. The number of carbonyl (C=O) groups excluding carboxylic acids is 3. The van der Waals surface area contributed by atoms with Crippen molar-refractivity contribution < 1.29 is 93.4 Å². The van der Waals surface area contributed by atoms with Crippen molar-refractivity contribution in [1.82, 2.24) is 31.1 Å². The summed E-state index contributed by atoms with van der Waals surface area (Å²) in [5, 5.41) is 11.7. The zero-order chi connectivity index (χ0) is 65.9. The number of rotatable bonds is 13. The third-order valence-corrected chi connectivity index (χ3v) is 19.1. The maximum atomic E-state index is 13.8. The number of alkyl halides is 18. The molecule has 5 saturated carbocycles. The fraction of sp³-hybridized carbons (Fsp3) is 0.661. The van der Waals surface area contributed by atoms with Crippen LogP contribution in [0.1, 0.15) is 217 Å². The number of nitrogens with one attached hydrogen (secondary N) is 4. The van der Waals surface area contributed by atoms with Gasteiger partial charge in [-0.25, -0.2) is 0 Å². The van der Waals surface area contributed by atoms with Crippen molar-refractivity contribution in [2.24, 2.45) is 0 Å². The van der Waals surface area contributed by atoms with E-state index in [0.717, 1.165) is 129 Å². The summed E-state index contributed by atoms with van der Waals surface area (Å²) in [6.45, 7) is 5.03. The Morgan fingerprint density at radius 2 is 0.800 bits per heavy atom. The van der Waals surface area contributed by atoms with Gasteiger partial charge in [-0.2, -0.15) is 79.0 Å². The Morgan fingerprint density at radius 3 is 1.28 bits per heavy atom. The first-order valence-corrected chi connectivity index (χ1v) is 32.0. The highest BCUT2D eigenvalue weighted by Crippen LogP contribution is 2.49. The smallest absolute Gasteiger partial charge is 0.348 e. The number of hydrogen-bond donors (Lipinski definition) is 4. The first kappa shape index (κ1) is 70.9. The SMILES string of the molecule is CCc1cc(C(F)(F)F)cc(C(F)(F)F)c1C(=O)NC1CCCC1N1CCCC1.CSc1cc(C(F)(F)F)cc(C(F)(F)F)c1C(=O)N[C@@H]1CCC[C@@H]1NC1CCCC1.O=C(N[C@@H]1CCCC[C@@H]1N1CCCC1)c1c(C2CC2)cc(C(F)(F)F)cc1C(F)(F)F. The predicted octanol–water partition coefficient (Wildman–Crippen LogP) is 16.4. The number of aryl methyl sites for hydroxylation is 1. The molecule has 2 aliphatic heterocycles. The minimum absolute atomic E-state index is 0.0253. The quantitative estimate of drug-likeness (QED) is 0.0998. The number of likely N-dealkylation sites (tertiary alicyclic amines) is 2. The monoisotopic (exact) mass is 1320 g/mol. The molecule has 0 radical (unpaired) electrons. The van der Waals surface area contributed by atoms with Gasteiger partial charge in [-0.1, -0.05) is 32.6 Å². The molecule has 10 rings (SSSR count). The Morgan fingerprint density at radius 1 is 0.422 bits per heavy atom. The van der Waals surface area contributed by atoms with Gasteiger partial charge in [0.2, 0.25) is 0 Å². The Hall–Kier alpha value is -4.96. The van der Waals surface area contributed by atoms with Crippen LogP contribution in [0.5, 0.6) is 0 Å². The van der Waals surface area contributed by atoms with Crippen LogP contribution in [0.3, 0.4) is 0 Å². The average Bonchev–Trinajstić information content (AvgIpc) is 1.19. The fourth-order valence-electron chi connectivity index (χ4n) is 13.9. The van der Waals surface area contributed by atoms with E-state index < -0.39 is 111 Å². The van der Waals surface area contributed by atoms with E-state index in [1.165, 1.54) is 13.2 Å². The van der Waals surface area contributed by atoms with Crippen LogP contribution in [0, 0.1) is 0 Å². The lowest BCUT2D eigenvalue weighted by atomic mass is 9.88. The molecular weight excluding hydrogens is 1250 g/mol. The normalized spacial score (nSPS) is 24.1. The van der Waals surface area contributed by atoms with E-state index in [1.54, 1.807) is 0 Å². The largest absolute Gasteiger partial charge is 0.417 e. The van der Waals surface area contributed by atoms with Crippen LogP contribution in [0.2, 0.25) is 0 Å². The summed E-state index contributed by atoms with van der Waals surface area (Å²) in [5.74, 6) is -3.27. The van der Waals surface area contributed by atoms with Crippen LogP contribution < -0.4 is 21.3 Å². The van der Waals surface area contributed by atoms with Gasteiger partial charge in [0.15, 0.2) is 0 Å². The second kappa shape index (κ2) is 28.7. The molecule has 2 saturated heterocycles. The van der Waals surface area contributed by atoms with E-state index in [4.69, 9.17) is 0 Å². The number of benzene rings is 3. The minimum atomic E-state index is -5.09. The van der Waals surface area contributed by atoms with Crippen LogP contribution in [0.25, 0.3) is 0 Å². The molecule has 0 aromatic heterocycles. The van der Waals surface area contributed by atoms with E-state index in [2.05, 4.69) is 31.1 Å². The molecule has 2 unspecified atom stereocenters. The van der Waals surface area contributed by atoms with E-state index in [-0.39, 0.29) is 76.9 Å². The van der Waals surface area contributed by atoms with E-state index in [0.29, 0.717) is 62.0 Å². The molecule has 90 heavy (non-hydrogen) atoms. The Labute approximate surface area is 514 Å². The zero-order valence-electron chi connectivity index (χ0n) is 49.6. The molecular formula is C62H74F18N6O3S. The summed E-state index contributed by atoms with van der Waals surface area (Å²) in [6, 6.07) is 1.63. The van der Waals surface area contributed by atoms with Crippen molar-refractivity contribution in [3.8, 4) is 0 Å². The van der Waals surface area contributed by atoms with Crippen molar-refractivity contribution in [3.05, 3.63) is 97.6 Å². The molecule has 5 aliphatic carbocycles. The van der Waals surface area contributed by atoms with Gasteiger partial charge < -0.3 is 21.3 Å². The summed E-state index contributed by atoms with van der Waals surface area (Å²) in [5.41, 5.74) is -11.2. The number of hydrogen-bond acceptors (Lipinski definition) is 7. The highest BCUT2D eigenvalue weighted by molar-refractivity contribution is 7.98. The lowest BCUT2D eigenvalue weighted by Gasteiger charge is -2.38. The van der Waals surface area contributed by atoms with Gasteiger partial charge in [0.1, 0.15) is 0 Å². The van der Waals surface area contributed by atoms with Gasteiger partial charge in [-0.15, -0.1) is 11.8 Å². The van der Waals surface area contributed by atoms with Gasteiger partial charge in [0, 0.05) is 47.2 Å². The molecule has 0 spiro atoms. The maximum absolute atomic E-state index is 13.8. The first-order valence-electron chi connectivity index (χ1n) is 30.7. The van der Waals surface area contributed by atoms with Crippen molar-refractivity contribution in [2.45, 2.75) is 232 Å². The maximum Gasteiger partial charge on any atom is 0.417 e. The Bertz CT molecular complexity index is 2980. The second-order valence-electron chi connectivity index (χ2n) is 24.5. The van der Waals surface area contributed by atoms with E-state index >= 15 is 0 Å². The standard InChI is InChI=1S/C22H26F6N2O.C20H24F6N2OS.C20H24F6N2O/c23-21(24,25)14-11-15(13-7-8-13)19(16(12-14)22(26,27)28)20(31)29-17-5-1-2-6-18(17)30-9-3-4-10-30;1-30-16-10-11(19(21,22)23)9-13(20(24,25)26)17(16)18(29)28-15-8-4-7-14(15)27-12-5-2-3-6-12;1-2-12-10-13(19(21,22)23)11-14(20(24,25)26)17(12)18(29)27-15-6-5-7-16(15)28-8-3-4-9-28/h11-13,17-18H,1-10H2,(H,29,31);9-10,12,14-15,27H,2-8H2,1H3,(H,28,29);10-11,15-16H,2-9H2,1H3,(H,27,29)/t17-,18+;14-,15+;/m10./s1. The van der Waals surface area contributed by atoms with Gasteiger partial charge >= 0.3 is 37.1 Å². The molecule has 7 aliphatic rings. The summed E-state index contributed by atoms with van der Waals surface area (Å²) in [4.78, 5) is 43.0. The Balaban J connectivity index is 0.000000174.